The molecule has 3 heterocycles. The first-order valence-electron chi connectivity index (χ1n) is 14.4. The van der Waals surface area contributed by atoms with Crippen LogP contribution in [0, 0.1) is 6.57 Å². The molecule has 9 rings (SSSR count). The Hall–Kier alpha value is -5.63. The highest BCUT2D eigenvalue weighted by molar-refractivity contribution is 6.13. The van der Waals surface area contributed by atoms with E-state index in [2.05, 4.69) is 100 Å². The number of benzene rings is 6. The van der Waals surface area contributed by atoms with Crippen LogP contribution < -0.4 is 0 Å². The van der Waals surface area contributed by atoms with Gasteiger partial charge in [-0.05, 0) is 87.3 Å². The minimum atomic E-state index is 0.546. The summed E-state index contributed by atoms with van der Waals surface area (Å²) in [6.07, 6.45) is 0. The van der Waals surface area contributed by atoms with Crippen molar-refractivity contribution < 1.29 is 9.15 Å². The quantitative estimate of drug-likeness (QED) is 0.200. The second-order valence-electron chi connectivity index (χ2n) is 11.1. The van der Waals surface area contributed by atoms with Gasteiger partial charge >= 0.3 is 0 Å². The van der Waals surface area contributed by atoms with Gasteiger partial charge in [0.15, 0.2) is 5.69 Å². The van der Waals surface area contributed by atoms with Gasteiger partial charge in [-0.2, -0.15) is 0 Å². The van der Waals surface area contributed by atoms with Crippen molar-refractivity contribution in [1.82, 2.24) is 4.57 Å². The monoisotopic (exact) mass is 552 g/mol. The molecule has 6 aromatic carbocycles. The van der Waals surface area contributed by atoms with Crippen LogP contribution in [0.4, 0.5) is 5.69 Å². The minimum absolute atomic E-state index is 0.546. The predicted molar refractivity (Wildman–Crippen MR) is 174 cm³/mol. The molecule has 0 amide bonds. The fourth-order valence-electron chi connectivity index (χ4n) is 6.82. The van der Waals surface area contributed by atoms with Gasteiger partial charge in [0, 0.05) is 21.8 Å². The van der Waals surface area contributed by atoms with Crippen LogP contribution >= 0.6 is 0 Å². The zero-order chi connectivity index (χ0) is 28.5. The number of rotatable bonds is 2. The Morgan fingerprint density at radius 2 is 1.40 bits per heavy atom. The molecule has 0 fully saturated rings. The maximum atomic E-state index is 7.53. The molecule has 0 unspecified atom stereocenters. The molecule has 4 nitrogen and oxygen atoms in total. The number of hydrogen-bond acceptors (Lipinski definition) is 2. The minimum Gasteiger partial charge on any atom is -0.456 e. The van der Waals surface area contributed by atoms with Gasteiger partial charge < -0.3 is 13.7 Å². The van der Waals surface area contributed by atoms with Crippen molar-refractivity contribution >= 4 is 49.4 Å². The maximum Gasteiger partial charge on any atom is 0.188 e. The summed E-state index contributed by atoms with van der Waals surface area (Å²) in [5, 5.41) is 4.51. The van der Waals surface area contributed by atoms with Crippen LogP contribution in [0.25, 0.3) is 76.5 Å². The SMILES string of the molecule is [C-]#[N+]c1ccc2c(c1)c1ccccc1n2-c1ccc2c(c1)-c1ccc(-c3cccc4oc5ccccc5c34)cc1COC2. The van der Waals surface area contributed by atoms with E-state index >= 15 is 0 Å². The zero-order valence-corrected chi connectivity index (χ0v) is 23.2. The van der Waals surface area contributed by atoms with E-state index in [4.69, 9.17) is 15.7 Å². The number of nitrogens with zero attached hydrogens (tertiary/aromatic N) is 2. The topological polar surface area (TPSA) is 31.7 Å². The molecule has 0 saturated carbocycles. The normalized spacial score (nSPS) is 12.8. The number of para-hydroxylation sites is 2. The van der Waals surface area contributed by atoms with E-state index in [9.17, 15) is 0 Å². The Balaban J connectivity index is 1.23. The van der Waals surface area contributed by atoms with E-state index in [-0.39, 0.29) is 0 Å². The van der Waals surface area contributed by atoms with Gasteiger partial charge in [0.05, 0.1) is 30.8 Å². The fraction of sp³-hybridized carbons (Fsp3) is 0.0513. The van der Waals surface area contributed by atoms with Crippen LogP contribution in [-0.2, 0) is 18.0 Å². The number of ether oxygens (including phenoxy) is 1. The number of aromatic nitrogens is 1. The van der Waals surface area contributed by atoms with Crippen LogP contribution in [0.1, 0.15) is 11.1 Å². The number of furan rings is 1. The molecule has 0 bridgehead atoms. The molecule has 4 heteroatoms. The van der Waals surface area contributed by atoms with E-state index in [1.54, 1.807) is 0 Å². The molecule has 202 valence electrons. The van der Waals surface area contributed by atoms with Crippen molar-refractivity contribution in [2.45, 2.75) is 13.2 Å². The molecule has 0 N–H and O–H groups in total. The molecular formula is C39H24N2O2. The molecule has 0 atom stereocenters. The summed E-state index contributed by atoms with van der Waals surface area (Å²) >= 11 is 0. The van der Waals surface area contributed by atoms with Crippen LogP contribution in [0.2, 0.25) is 0 Å². The highest BCUT2D eigenvalue weighted by atomic mass is 16.5. The summed E-state index contributed by atoms with van der Waals surface area (Å²) in [7, 11) is 0. The summed E-state index contributed by atoms with van der Waals surface area (Å²) in [6.45, 7) is 8.64. The smallest absolute Gasteiger partial charge is 0.188 e. The Kier molecular flexibility index (Phi) is 5.13. The lowest BCUT2D eigenvalue weighted by Gasteiger charge is -2.15. The standard InChI is InChI=1S/C39H24N2O2/c1-40-27-15-18-36-34(20-27)31-7-2-4-10-35(31)41(36)28-16-13-25-22-42-23-26-19-24(14-17-29(26)33(25)21-28)30-9-6-12-38-39(30)32-8-3-5-11-37(32)43-38/h2-21H,22-23H2. The summed E-state index contributed by atoms with van der Waals surface area (Å²) in [5.74, 6) is 0. The molecule has 2 aromatic heterocycles. The molecule has 0 saturated heterocycles. The van der Waals surface area contributed by atoms with Crippen molar-refractivity contribution in [2.75, 3.05) is 0 Å². The van der Waals surface area contributed by atoms with Crippen molar-refractivity contribution in [3.63, 3.8) is 0 Å². The third-order valence-electron chi connectivity index (χ3n) is 8.76. The Bertz CT molecular complexity index is 2450. The Labute approximate surface area is 247 Å². The van der Waals surface area contributed by atoms with Gasteiger partial charge in [-0.1, -0.05) is 72.8 Å². The van der Waals surface area contributed by atoms with E-state index in [1.807, 2.05) is 30.3 Å². The van der Waals surface area contributed by atoms with Gasteiger partial charge in [-0.3, -0.25) is 0 Å². The van der Waals surface area contributed by atoms with Gasteiger partial charge in [-0.25, -0.2) is 4.85 Å². The van der Waals surface area contributed by atoms with E-state index < -0.39 is 0 Å². The van der Waals surface area contributed by atoms with Crippen molar-refractivity contribution in [3.8, 4) is 27.9 Å². The summed E-state index contributed by atoms with van der Waals surface area (Å²) in [5.41, 5.74) is 12.8. The molecule has 0 spiro atoms. The highest BCUT2D eigenvalue weighted by Gasteiger charge is 2.20. The average Bonchev–Trinajstić information content (AvgIpc) is 3.54. The largest absolute Gasteiger partial charge is 0.456 e. The van der Waals surface area contributed by atoms with Gasteiger partial charge in [0.1, 0.15) is 11.2 Å². The van der Waals surface area contributed by atoms with Gasteiger partial charge in [-0.15, -0.1) is 0 Å². The van der Waals surface area contributed by atoms with Crippen molar-refractivity contribution in [3.05, 3.63) is 144 Å². The lowest BCUT2D eigenvalue weighted by molar-refractivity contribution is 0.110. The van der Waals surface area contributed by atoms with Gasteiger partial charge in [0.25, 0.3) is 0 Å². The lowest BCUT2D eigenvalue weighted by atomic mass is 9.92. The van der Waals surface area contributed by atoms with Crippen molar-refractivity contribution in [1.29, 1.82) is 0 Å². The third kappa shape index (κ3) is 3.59. The summed E-state index contributed by atoms with van der Waals surface area (Å²) in [4.78, 5) is 3.68. The van der Waals surface area contributed by atoms with Crippen LogP contribution in [-0.4, -0.2) is 4.57 Å². The summed E-state index contributed by atoms with van der Waals surface area (Å²) in [6, 6.07) is 42.3. The van der Waals surface area contributed by atoms with Crippen LogP contribution in [0.15, 0.2) is 126 Å². The van der Waals surface area contributed by atoms with Gasteiger partial charge in [0.2, 0.25) is 0 Å². The van der Waals surface area contributed by atoms with Crippen LogP contribution in [0.3, 0.4) is 0 Å². The Morgan fingerprint density at radius 3 is 2.33 bits per heavy atom. The van der Waals surface area contributed by atoms with Crippen molar-refractivity contribution in [2.24, 2.45) is 0 Å². The number of hydrogen-bond donors (Lipinski definition) is 0. The maximum absolute atomic E-state index is 7.53. The van der Waals surface area contributed by atoms with E-state index in [1.165, 1.54) is 22.3 Å². The predicted octanol–water partition coefficient (Wildman–Crippen LogP) is 10.6. The molecule has 43 heavy (non-hydrogen) atoms. The highest BCUT2D eigenvalue weighted by Crippen LogP contribution is 2.41. The molecule has 0 aliphatic carbocycles. The number of fused-ring (bicyclic) bond motifs is 9. The first-order valence-corrected chi connectivity index (χ1v) is 14.4. The second-order valence-corrected chi connectivity index (χ2v) is 11.1. The van der Waals surface area contributed by atoms with Crippen LogP contribution in [0.5, 0.6) is 0 Å². The molecule has 8 aromatic rings. The first kappa shape index (κ1) is 24.0. The second kappa shape index (κ2) is 9.19. The molecule has 1 aliphatic heterocycles. The first-order chi connectivity index (χ1) is 21.3. The van der Waals surface area contributed by atoms with E-state index in [0.29, 0.717) is 18.9 Å². The third-order valence-corrected chi connectivity index (χ3v) is 8.76. The molecular weight excluding hydrogens is 528 g/mol. The molecule has 0 radical (unpaired) electrons. The lowest BCUT2D eigenvalue weighted by Crippen LogP contribution is -1.97. The Morgan fingerprint density at radius 1 is 0.581 bits per heavy atom. The average molecular weight is 553 g/mol. The van der Waals surface area contributed by atoms with E-state index in [0.717, 1.165) is 60.6 Å². The fourth-order valence-corrected chi connectivity index (χ4v) is 6.82. The zero-order valence-electron chi connectivity index (χ0n) is 23.2. The summed E-state index contributed by atoms with van der Waals surface area (Å²) < 4.78 is 14.7. The molecule has 1 aliphatic rings.